The number of amides is 1. The van der Waals surface area contributed by atoms with Gasteiger partial charge in [0.2, 0.25) is 0 Å². The molecule has 0 saturated carbocycles. The number of methoxy groups -OCH3 is 1. The van der Waals surface area contributed by atoms with Crippen LogP contribution in [0.3, 0.4) is 0 Å². The number of hydrogen-bond donors (Lipinski definition) is 1. The Bertz CT molecular complexity index is 862. The zero-order chi connectivity index (χ0) is 20.5. The third-order valence-electron chi connectivity index (χ3n) is 3.87. The molecule has 0 aliphatic rings. The maximum Gasteiger partial charge on any atom is 0.338 e. The number of Topliss-reactive ketones (excluding diaryl/α,β-unsaturated/α-hetero) is 1. The van der Waals surface area contributed by atoms with Crippen molar-refractivity contribution < 1.29 is 28.6 Å². The molecule has 0 aliphatic carbocycles. The molecule has 7 nitrogen and oxygen atoms in total. The van der Waals surface area contributed by atoms with E-state index in [9.17, 15) is 14.4 Å². The minimum atomic E-state index is -0.631. The Labute approximate surface area is 163 Å². The number of ether oxygens (including phenoxy) is 3. The predicted molar refractivity (Wildman–Crippen MR) is 104 cm³/mol. The van der Waals surface area contributed by atoms with Crippen molar-refractivity contribution in [2.45, 2.75) is 20.5 Å². The Morgan fingerprint density at radius 1 is 1.04 bits per heavy atom. The van der Waals surface area contributed by atoms with Crippen LogP contribution in [0.1, 0.15) is 40.1 Å². The maximum atomic E-state index is 12.2. The summed E-state index contributed by atoms with van der Waals surface area (Å²) in [5, 5.41) is 2.59. The molecule has 0 fully saturated rings. The van der Waals surface area contributed by atoms with Crippen molar-refractivity contribution >= 4 is 23.3 Å². The zero-order valence-corrected chi connectivity index (χ0v) is 16.1. The number of hydrogen-bond acceptors (Lipinski definition) is 6. The number of anilines is 1. The van der Waals surface area contributed by atoms with Crippen LogP contribution in [-0.4, -0.2) is 38.0 Å². The van der Waals surface area contributed by atoms with E-state index >= 15 is 0 Å². The highest BCUT2D eigenvalue weighted by molar-refractivity contribution is 5.98. The first-order valence-electron chi connectivity index (χ1n) is 8.77. The molecule has 0 saturated heterocycles. The number of nitrogens with one attached hydrogen (secondary N) is 1. The van der Waals surface area contributed by atoms with E-state index in [1.807, 2.05) is 6.92 Å². The van der Waals surface area contributed by atoms with E-state index in [0.29, 0.717) is 41.3 Å². The molecule has 0 unspecified atom stereocenters. The molecule has 2 aromatic rings. The van der Waals surface area contributed by atoms with Crippen LogP contribution in [-0.2, 0) is 20.9 Å². The lowest BCUT2D eigenvalue weighted by Crippen LogP contribution is -2.21. The van der Waals surface area contributed by atoms with Crippen LogP contribution < -0.4 is 10.1 Å². The fraction of sp³-hybridized carbons (Fsp3) is 0.286. The topological polar surface area (TPSA) is 90.9 Å². The highest BCUT2D eigenvalue weighted by Gasteiger charge is 2.14. The second kappa shape index (κ2) is 10.2. The summed E-state index contributed by atoms with van der Waals surface area (Å²) in [6.07, 6.45) is 0. The SMILES string of the molecule is CCOCc1cc(C(=O)OCC(=O)Nc2cccc(C(C)=O)c2)ccc1OC. The highest BCUT2D eigenvalue weighted by atomic mass is 16.5. The Morgan fingerprint density at radius 2 is 1.82 bits per heavy atom. The Hall–Kier alpha value is -3.19. The molecule has 7 heteroatoms. The average Bonchev–Trinajstić information content (AvgIpc) is 2.70. The zero-order valence-electron chi connectivity index (χ0n) is 16.1. The first-order valence-corrected chi connectivity index (χ1v) is 8.77. The number of carbonyl (C=O) groups is 3. The number of carbonyl (C=O) groups excluding carboxylic acids is 3. The first kappa shape index (κ1) is 21.1. The summed E-state index contributed by atoms with van der Waals surface area (Å²) < 4.78 is 15.7. The third kappa shape index (κ3) is 5.92. The molecule has 0 aromatic heterocycles. The largest absolute Gasteiger partial charge is 0.496 e. The fourth-order valence-electron chi connectivity index (χ4n) is 2.46. The van der Waals surface area contributed by atoms with Crippen molar-refractivity contribution in [3.05, 3.63) is 59.2 Å². The van der Waals surface area contributed by atoms with Gasteiger partial charge in [0.05, 0.1) is 19.3 Å². The van der Waals surface area contributed by atoms with Gasteiger partial charge in [-0.25, -0.2) is 4.79 Å². The van der Waals surface area contributed by atoms with E-state index in [4.69, 9.17) is 14.2 Å². The van der Waals surface area contributed by atoms with Gasteiger partial charge in [-0.3, -0.25) is 9.59 Å². The third-order valence-corrected chi connectivity index (χ3v) is 3.87. The van der Waals surface area contributed by atoms with Gasteiger partial charge in [-0.05, 0) is 44.2 Å². The number of rotatable bonds is 9. The molecule has 0 spiro atoms. The van der Waals surface area contributed by atoms with Gasteiger partial charge in [0.1, 0.15) is 5.75 Å². The van der Waals surface area contributed by atoms with Crippen LogP contribution in [0.4, 0.5) is 5.69 Å². The van der Waals surface area contributed by atoms with Gasteiger partial charge in [0, 0.05) is 23.4 Å². The Morgan fingerprint density at radius 3 is 2.50 bits per heavy atom. The van der Waals surface area contributed by atoms with Crippen molar-refractivity contribution in [3.63, 3.8) is 0 Å². The molecule has 0 aliphatic heterocycles. The molecule has 0 atom stereocenters. The van der Waals surface area contributed by atoms with Crippen LogP contribution in [0.5, 0.6) is 5.75 Å². The molecule has 2 rings (SSSR count). The molecule has 0 radical (unpaired) electrons. The Kier molecular flexibility index (Phi) is 7.71. The molecular weight excluding hydrogens is 362 g/mol. The van der Waals surface area contributed by atoms with E-state index in [1.165, 1.54) is 14.0 Å². The fourth-order valence-corrected chi connectivity index (χ4v) is 2.46. The first-order chi connectivity index (χ1) is 13.4. The maximum absolute atomic E-state index is 12.2. The summed E-state index contributed by atoms with van der Waals surface area (Å²) in [6, 6.07) is 11.4. The smallest absolute Gasteiger partial charge is 0.338 e. The lowest BCUT2D eigenvalue weighted by molar-refractivity contribution is -0.119. The number of esters is 1. The summed E-state index contributed by atoms with van der Waals surface area (Å²) in [6.45, 7) is 3.69. The average molecular weight is 385 g/mol. The van der Waals surface area contributed by atoms with Crippen molar-refractivity contribution in [3.8, 4) is 5.75 Å². The van der Waals surface area contributed by atoms with Gasteiger partial charge >= 0.3 is 5.97 Å². The number of benzene rings is 2. The van der Waals surface area contributed by atoms with E-state index in [1.54, 1.807) is 42.5 Å². The van der Waals surface area contributed by atoms with E-state index in [2.05, 4.69) is 5.32 Å². The molecule has 148 valence electrons. The van der Waals surface area contributed by atoms with Gasteiger partial charge in [0.15, 0.2) is 12.4 Å². The molecule has 2 aromatic carbocycles. The lowest BCUT2D eigenvalue weighted by atomic mass is 10.1. The van der Waals surface area contributed by atoms with Crippen LogP contribution in [0.25, 0.3) is 0 Å². The molecule has 28 heavy (non-hydrogen) atoms. The summed E-state index contributed by atoms with van der Waals surface area (Å²) in [7, 11) is 1.54. The summed E-state index contributed by atoms with van der Waals surface area (Å²) in [5.41, 5.74) is 1.94. The van der Waals surface area contributed by atoms with Gasteiger partial charge < -0.3 is 19.5 Å². The molecule has 1 amide bonds. The normalized spacial score (nSPS) is 10.2. The van der Waals surface area contributed by atoms with Crippen LogP contribution in [0.15, 0.2) is 42.5 Å². The highest BCUT2D eigenvalue weighted by Crippen LogP contribution is 2.21. The quantitative estimate of drug-likeness (QED) is 0.526. The molecular formula is C21H23NO6. The van der Waals surface area contributed by atoms with E-state index < -0.39 is 18.5 Å². The molecule has 1 N–H and O–H groups in total. The van der Waals surface area contributed by atoms with Gasteiger partial charge in [-0.2, -0.15) is 0 Å². The second-order valence-corrected chi connectivity index (χ2v) is 5.93. The monoisotopic (exact) mass is 385 g/mol. The van der Waals surface area contributed by atoms with Crippen molar-refractivity contribution in [2.75, 3.05) is 25.6 Å². The van der Waals surface area contributed by atoms with Crippen molar-refractivity contribution in [2.24, 2.45) is 0 Å². The molecule has 0 heterocycles. The van der Waals surface area contributed by atoms with E-state index in [-0.39, 0.29) is 5.78 Å². The van der Waals surface area contributed by atoms with Crippen molar-refractivity contribution in [1.29, 1.82) is 0 Å². The standard InChI is InChI=1S/C21H23NO6/c1-4-27-12-17-10-16(8-9-19(17)26-3)21(25)28-13-20(24)22-18-7-5-6-15(11-18)14(2)23/h5-11H,4,12-13H2,1-3H3,(H,22,24). The summed E-state index contributed by atoms with van der Waals surface area (Å²) >= 11 is 0. The summed E-state index contributed by atoms with van der Waals surface area (Å²) in [5.74, 6) is -0.636. The Balaban J connectivity index is 1.96. The predicted octanol–water partition coefficient (Wildman–Crippen LogP) is 3.23. The minimum Gasteiger partial charge on any atom is -0.496 e. The van der Waals surface area contributed by atoms with Crippen LogP contribution >= 0.6 is 0 Å². The van der Waals surface area contributed by atoms with Gasteiger partial charge in [-0.15, -0.1) is 0 Å². The van der Waals surface area contributed by atoms with E-state index in [0.717, 1.165) is 0 Å². The van der Waals surface area contributed by atoms with Crippen LogP contribution in [0, 0.1) is 0 Å². The van der Waals surface area contributed by atoms with Gasteiger partial charge in [-0.1, -0.05) is 12.1 Å². The van der Waals surface area contributed by atoms with Crippen molar-refractivity contribution in [1.82, 2.24) is 0 Å². The second-order valence-electron chi connectivity index (χ2n) is 5.93. The molecule has 0 bridgehead atoms. The van der Waals surface area contributed by atoms with Crippen LogP contribution in [0.2, 0.25) is 0 Å². The number of ketones is 1. The lowest BCUT2D eigenvalue weighted by Gasteiger charge is -2.11. The van der Waals surface area contributed by atoms with Gasteiger partial charge in [0.25, 0.3) is 5.91 Å². The minimum absolute atomic E-state index is 0.107. The summed E-state index contributed by atoms with van der Waals surface area (Å²) in [4.78, 5) is 35.7.